The van der Waals surface area contributed by atoms with Gasteiger partial charge in [0.2, 0.25) is 10.0 Å². The summed E-state index contributed by atoms with van der Waals surface area (Å²) in [5.74, 6) is 0.180. The molecule has 4 N–H and O–H groups in total. The van der Waals surface area contributed by atoms with Crippen LogP contribution in [0.15, 0.2) is 46.7 Å². The Hall–Kier alpha value is -1.45. The molecule has 26 heavy (non-hydrogen) atoms. The van der Waals surface area contributed by atoms with E-state index in [2.05, 4.69) is 10.0 Å². The third-order valence-electron chi connectivity index (χ3n) is 4.15. The van der Waals surface area contributed by atoms with Crippen molar-refractivity contribution in [2.24, 2.45) is 11.7 Å². The second kappa shape index (κ2) is 8.96. The molecule has 1 heterocycles. The lowest BCUT2D eigenvalue weighted by atomic mass is 10.2. The van der Waals surface area contributed by atoms with Crippen LogP contribution in [0.4, 0.5) is 0 Å². The third kappa shape index (κ3) is 5.52. The highest BCUT2D eigenvalue weighted by molar-refractivity contribution is 7.89. The average Bonchev–Trinajstić information content (AvgIpc) is 3.34. The Labute approximate surface area is 163 Å². The summed E-state index contributed by atoms with van der Waals surface area (Å²) < 4.78 is 27.4. The summed E-state index contributed by atoms with van der Waals surface area (Å²) >= 11 is 1.48. The summed E-state index contributed by atoms with van der Waals surface area (Å²) in [6.07, 6.45) is 2.22. The summed E-state index contributed by atoms with van der Waals surface area (Å²) in [7, 11) is -3.68. The summed E-state index contributed by atoms with van der Waals surface area (Å²) in [5, 5.41) is 4.67. The number of carbonyl (C=O) groups excluding carboxylic acids is 1. The molecule has 0 spiro atoms. The molecule has 1 fully saturated rings. The lowest BCUT2D eigenvalue weighted by Gasteiger charge is -2.12. The Morgan fingerprint density at radius 3 is 2.69 bits per heavy atom. The van der Waals surface area contributed by atoms with Crippen LogP contribution >= 0.6 is 23.7 Å². The molecule has 3 rings (SSSR count). The van der Waals surface area contributed by atoms with Gasteiger partial charge in [0, 0.05) is 29.6 Å². The molecule has 9 heteroatoms. The maximum absolute atomic E-state index is 12.4. The monoisotopic (exact) mass is 415 g/mol. The van der Waals surface area contributed by atoms with Crippen LogP contribution in [0.5, 0.6) is 0 Å². The predicted molar refractivity (Wildman–Crippen MR) is 105 cm³/mol. The number of carbonyl (C=O) groups is 1. The number of rotatable bonds is 8. The molecule has 1 amide bonds. The molecule has 142 valence electrons. The fourth-order valence-corrected chi connectivity index (χ4v) is 4.26. The van der Waals surface area contributed by atoms with Crippen molar-refractivity contribution < 1.29 is 13.2 Å². The van der Waals surface area contributed by atoms with Gasteiger partial charge in [0.1, 0.15) is 0 Å². The molecule has 1 aromatic carbocycles. The number of nitrogens with one attached hydrogen (secondary N) is 2. The van der Waals surface area contributed by atoms with E-state index < -0.39 is 10.0 Å². The quantitative estimate of drug-likeness (QED) is 0.614. The van der Waals surface area contributed by atoms with E-state index in [4.69, 9.17) is 5.73 Å². The third-order valence-corrected chi connectivity index (χ3v) is 6.42. The van der Waals surface area contributed by atoms with E-state index in [1.54, 1.807) is 12.1 Å². The summed E-state index contributed by atoms with van der Waals surface area (Å²) in [4.78, 5) is 13.2. The van der Waals surface area contributed by atoms with E-state index in [0.717, 1.165) is 17.7 Å². The van der Waals surface area contributed by atoms with Gasteiger partial charge in [-0.1, -0.05) is 12.1 Å². The van der Waals surface area contributed by atoms with Crippen molar-refractivity contribution in [1.82, 2.24) is 10.0 Å². The van der Waals surface area contributed by atoms with Crippen molar-refractivity contribution in [2.45, 2.75) is 30.3 Å². The van der Waals surface area contributed by atoms with Gasteiger partial charge in [-0.3, -0.25) is 4.79 Å². The number of hydrogen-bond donors (Lipinski definition) is 3. The minimum atomic E-state index is -3.68. The van der Waals surface area contributed by atoms with Gasteiger partial charge in [0.15, 0.2) is 0 Å². The molecule has 1 unspecified atom stereocenters. The number of hydrogen-bond acceptors (Lipinski definition) is 5. The topological polar surface area (TPSA) is 101 Å². The fraction of sp³-hybridized carbons (Fsp3) is 0.353. The zero-order chi connectivity index (χ0) is 17.9. The highest BCUT2D eigenvalue weighted by atomic mass is 35.5. The highest BCUT2D eigenvalue weighted by Gasteiger charge is 2.28. The van der Waals surface area contributed by atoms with Crippen molar-refractivity contribution in [2.75, 3.05) is 6.54 Å². The fourth-order valence-electron chi connectivity index (χ4n) is 2.47. The molecule has 0 radical (unpaired) electrons. The van der Waals surface area contributed by atoms with Crippen LogP contribution in [0.1, 0.15) is 28.1 Å². The average molecular weight is 416 g/mol. The number of nitrogens with two attached hydrogens (primary N) is 1. The predicted octanol–water partition coefficient (Wildman–Crippen LogP) is 2.12. The van der Waals surface area contributed by atoms with Gasteiger partial charge in [-0.25, -0.2) is 13.1 Å². The Balaban J connectivity index is 0.00000243. The molecular formula is C17H22ClN3O3S2. The molecular weight excluding hydrogens is 394 g/mol. The normalized spacial score (nSPS) is 15.1. The second-order valence-corrected chi connectivity index (χ2v) is 8.94. The molecule has 1 aliphatic rings. The first-order chi connectivity index (χ1) is 12.0. The zero-order valence-electron chi connectivity index (χ0n) is 14.1. The standard InChI is InChI=1S/C17H21N3O3S2.ClH/c18-16(12-6-7-12)11-19-17(21)13-3-1-5-15(9-13)25(22,23)20-10-14-4-2-8-24-14;/h1-5,8-9,12,16,20H,6-7,10-11,18H2,(H,19,21);1H. The Morgan fingerprint density at radius 1 is 1.27 bits per heavy atom. The van der Waals surface area contributed by atoms with Gasteiger partial charge < -0.3 is 11.1 Å². The first-order valence-corrected chi connectivity index (χ1v) is 10.5. The smallest absolute Gasteiger partial charge is 0.251 e. The van der Waals surface area contributed by atoms with Gasteiger partial charge in [-0.15, -0.1) is 23.7 Å². The molecule has 6 nitrogen and oxygen atoms in total. The second-order valence-electron chi connectivity index (χ2n) is 6.14. The molecule has 0 saturated heterocycles. The number of halogens is 1. The number of sulfonamides is 1. The van der Waals surface area contributed by atoms with Crippen molar-refractivity contribution in [3.05, 3.63) is 52.2 Å². The van der Waals surface area contributed by atoms with Crippen molar-refractivity contribution in [3.63, 3.8) is 0 Å². The van der Waals surface area contributed by atoms with E-state index in [9.17, 15) is 13.2 Å². The van der Waals surface area contributed by atoms with Crippen molar-refractivity contribution in [3.8, 4) is 0 Å². The summed E-state index contributed by atoms with van der Waals surface area (Å²) in [6, 6.07) is 9.71. The van der Waals surface area contributed by atoms with Crippen LogP contribution in [0.3, 0.4) is 0 Å². The number of amides is 1. The van der Waals surface area contributed by atoms with E-state index >= 15 is 0 Å². The van der Waals surface area contributed by atoms with Crippen LogP contribution in [0, 0.1) is 5.92 Å². The molecule has 1 aromatic heterocycles. The summed E-state index contributed by atoms with van der Waals surface area (Å²) in [5.41, 5.74) is 6.28. The maximum Gasteiger partial charge on any atom is 0.251 e. The molecule has 1 aliphatic carbocycles. The lowest BCUT2D eigenvalue weighted by Crippen LogP contribution is -2.38. The molecule has 0 bridgehead atoms. The van der Waals surface area contributed by atoms with Gasteiger partial charge in [-0.2, -0.15) is 0 Å². The van der Waals surface area contributed by atoms with E-state index in [-0.39, 0.29) is 35.8 Å². The molecule has 0 aliphatic heterocycles. The Morgan fingerprint density at radius 2 is 2.04 bits per heavy atom. The minimum Gasteiger partial charge on any atom is -0.350 e. The van der Waals surface area contributed by atoms with Gasteiger partial charge in [-0.05, 0) is 48.4 Å². The Bertz CT molecular complexity index is 837. The van der Waals surface area contributed by atoms with Gasteiger partial charge in [0.25, 0.3) is 5.91 Å². The highest BCUT2D eigenvalue weighted by Crippen LogP contribution is 2.31. The van der Waals surface area contributed by atoms with Gasteiger partial charge >= 0.3 is 0 Å². The van der Waals surface area contributed by atoms with E-state index in [1.807, 2.05) is 17.5 Å². The van der Waals surface area contributed by atoms with Gasteiger partial charge in [0.05, 0.1) is 4.90 Å². The van der Waals surface area contributed by atoms with Crippen LogP contribution in [-0.4, -0.2) is 26.9 Å². The molecule has 1 atom stereocenters. The summed E-state index contributed by atoms with van der Waals surface area (Å²) in [6.45, 7) is 0.629. The first kappa shape index (κ1) is 20.9. The van der Waals surface area contributed by atoms with Crippen molar-refractivity contribution >= 4 is 39.7 Å². The zero-order valence-corrected chi connectivity index (χ0v) is 16.5. The first-order valence-electron chi connectivity index (χ1n) is 8.11. The van der Waals surface area contributed by atoms with Crippen molar-refractivity contribution in [1.29, 1.82) is 0 Å². The number of thiophene rings is 1. The van der Waals surface area contributed by atoms with E-state index in [0.29, 0.717) is 18.0 Å². The SMILES string of the molecule is Cl.NC(CNC(=O)c1cccc(S(=O)(=O)NCc2cccs2)c1)C1CC1. The largest absolute Gasteiger partial charge is 0.350 e. The molecule has 2 aromatic rings. The van der Waals surface area contributed by atoms with E-state index in [1.165, 1.54) is 23.5 Å². The number of benzene rings is 1. The Kier molecular flexibility index (Phi) is 7.19. The minimum absolute atomic E-state index is 0. The van der Waals surface area contributed by atoms with Crippen LogP contribution < -0.4 is 15.8 Å². The lowest BCUT2D eigenvalue weighted by molar-refractivity contribution is 0.0950. The van der Waals surface area contributed by atoms with Crippen LogP contribution in [-0.2, 0) is 16.6 Å². The maximum atomic E-state index is 12.4. The van der Waals surface area contributed by atoms with Crippen LogP contribution in [0.25, 0.3) is 0 Å². The molecule has 1 saturated carbocycles. The van der Waals surface area contributed by atoms with Crippen LogP contribution in [0.2, 0.25) is 0 Å².